The van der Waals surface area contributed by atoms with E-state index in [-0.39, 0.29) is 11.7 Å². The zero-order chi connectivity index (χ0) is 17.6. The van der Waals surface area contributed by atoms with Crippen molar-refractivity contribution in [2.24, 2.45) is 5.10 Å². The summed E-state index contributed by atoms with van der Waals surface area (Å²) in [7, 11) is 0. The topological polar surface area (TPSA) is 70.9 Å². The van der Waals surface area contributed by atoms with Crippen molar-refractivity contribution in [3.63, 3.8) is 0 Å². The molecule has 25 heavy (non-hydrogen) atoms. The molecule has 1 atom stereocenters. The molecule has 0 radical (unpaired) electrons. The molecule has 0 heterocycles. The van der Waals surface area contributed by atoms with E-state index in [1.165, 1.54) is 6.21 Å². The van der Waals surface area contributed by atoms with E-state index in [0.717, 1.165) is 16.3 Å². The number of phenols is 1. The molecule has 3 aromatic carbocycles. The van der Waals surface area contributed by atoms with Crippen molar-refractivity contribution in [3.05, 3.63) is 72.3 Å². The van der Waals surface area contributed by atoms with Crippen LogP contribution in [-0.4, -0.2) is 23.3 Å². The maximum atomic E-state index is 12.1. The van der Waals surface area contributed by atoms with Gasteiger partial charge in [-0.05, 0) is 59.7 Å². The van der Waals surface area contributed by atoms with Gasteiger partial charge in [-0.15, -0.1) is 0 Å². The van der Waals surface area contributed by atoms with Gasteiger partial charge in [0.25, 0.3) is 5.91 Å². The first-order valence-corrected chi connectivity index (χ1v) is 7.89. The Morgan fingerprint density at radius 1 is 1.08 bits per heavy atom. The van der Waals surface area contributed by atoms with Crippen molar-refractivity contribution in [1.29, 1.82) is 0 Å². The normalized spacial score (nSPS) is 12.2. The van der Waals surface area contributed by atoms with Crippen molar-refractivity contribution in [3.8, 4) is 11.5 Å². The first kappa shape index (κ1) is 16.5. The van der Waals surface area contributed by atoms with E-state index in [9.17, 15) is 9.90 Å². The number of hydrogen-bond acceptors (Lipinski definition) is 4. The maximum Gasteiger partial charge on any atom is 0.280 e. The number of ether oxygens (including phenoxy) is 1. The number of rotatable bonds is 5. The van der Waals surface area contributed by atoms with Gasteiger partial charge in [0.2, 0.25) is 0 Å². The van der Waals surface area contributed by atoms with Crippen LogP contribution in [0.2, 0.25) is 0 Å². The van der Waals surface area contributed by atoms with Crippen LogP contribution in [0, 0.1) is 0 Å². The van der Waals surface area contributed by atoms with Gasteiger partial charge >= 0.3 is 0 Å². The van der Waals surface area contributed by atoms with E-state index in [1.54, 1.807) is 31.2 Å². The highest BCUT2D eigenvalue weighted by atomic mass is 16.5. The van der Waals surface area contributed by atoms with Crippen LogP contribution in [0.4, 0.5) is 0 Å². The number of fused-ring (bicyclic) bond motifs is 1. The molecule has 0 aromatic heterocycles. The second-order valence-electron chi connectivity index (χ2n) is 5.59. The predicted octanol–water partition coefficient (Wildman–Crippen LogP) is 3.46. The molecule has 0 aliphatic rings. The highest BCUT2D eigenvalue weighted by molar-refractivity contribution is 5.85. The SMILES string of the molecule is C[C@H](Oc1ccc2ccccc2c1)C(=O)N/N=C/c1ccc(O)cc1. The largest absolute Gasteiger partial charge is 0.508 e. The lowest BCUT2D eigenvalue weighted by atomic mass is 10.1. The van der Waals surface area contributed by atoms with Gasteiger partial charge in [0.15, 0.2) is 6.10 Å². The van der Waals surface area contributed by atoms with Gasteiger partial charge in [0.1, 0.15) is 11.5 Å². The molecule has 0 saturated carbocycles. The van der Waals surface area contributed by atoms with Gasteiger partial charge < -0.3 is 9.84 Å². The van der Waals surface area contributed by atoms with E-state index in [1.807, 2.05) is 42.5 Å². The number of phenolic OH excluding ortho intramolecular Hbond substituents is 1. The summed E-state index contributed by atoms with van der Waals surface area (Å²) >= 11 is 0. The molecule has 3 aromatic rings. The summed E-state index contributed by atoms with van der Waals surface area (Å²) in [5.41, 5.74) is 3.21. The third-order valence-electron chi connectivity index (χ3n) is 3.68. The number of amides is 1. The Kier molecular flexibility index (Phi) is 4.95. The Balaban J connectivity index is 1.58. The fraction of sp³-hybridized carbons (Fsp3) is 0.100. The molecule has 0 bridgehead atoms. The number of aromatic hydroxyl groups is 1. The van der Waals surface area contributed by atoms with E-state index < -0.39 is 6.10 Å². The summed E-state index contributed by atoms with van der Waals surface area (Å²) < 4.78 is 5.68. The highest BCUT2D eigenvalue weighted by Gasteiger charge is 2.14. The van der Waals surface area contributed by atoms with Crippen LogP contribution >= 0.6 is 0 Å². The second-order valence-corrected chi connectivity index (χ2v) is 5.59. The predicted molar refractivity (Wildman–Crippen MR) is 97.9 cm³/mol. The second kappa shape index (κ2) is 7.49. The summed E-state index contributed by atoms with van der Waals surface area (Å²) in [5.74, 6) is 0.464. The fourth-order valence-electron chi connectivity index (χ4n) is 2.32. The Labute approximate surface area is 145 Å². The van der Waals surface area contributed by atoms with Crippen LogP contribution in [0.15, 0.2) is 71.8 Å². The summed E-state index contributed by atoms with van der Waals surface area (Å²) in [6, 6.07) is 20.1. The van der Waals surface area contributed by atoms with Crippen molar-refractivity contribution in [1.82, 2.24) is 5.43 Å². The van der Waals surface area contributed by atoms with Gasteiger partial charge in [0.05, 0.1) is 6.21 Å². The van der Waals surface area contributed by atoms with Gasteiger partial charge in [-0.1, -0.05) is 30.3 Å². The molecule has 2 N–H and O–H groups in total. The molecule has 1 amide bonds. The number of hydrogen-bond donors (Lipinski definition) is 2. The van der Waals surface area contributed by atoms with E-state index in [2.05, 4.69) is 10.5 Å². The molecule has 0 saturated heterocycles. The van der Waals surface area contributed by atoms with Crippen LogP contribution in [0.3, 0.4) is 0 Å². The zero-order valence-electron chi connectivity index (χ0n) is 13.7. The molecule has 0 unspecified atom stereocenters. The first-order valence-electron chi connectivity index (χ1n) is 7.89. The van der Waals surface area contributed by atoms with E-state index in [0.29, 0.717) is 5.75 Å². The van der Waals surface area contributed by atoms with Crippen LogP contribution in [0.1, 0.15) is 12.5 Å². The highest BCUT2D eigenvalue weighted by Crippen LogP contribution is 2.21. The minimum atomic E-state index is -0.682. The van der Waals surface area contributed by atoms with Gasteiger partial charge in [0, 0.05) is 0 Å². The third kappa shape index (κ3) is 4.35. The molecular weight excluding hydrogens is 316 g/mol. The molecule has 126 valence electrons. The quantitative estimate of drug-likeness (QED) is 0.554. The molecule has 5 nitrogen and oxygen atoms in total. The molecule has 3 rings (SSSR count). The molecular formula is C20H18N2O3. The van der Waals surface area contributed by atoms with E-state index >= 15 is 0 Å². The number of carbonyl (C=O) groups excluding carboxylic acids is 1. The lowest BCUT2D eigenvalue weighted by molar-refractivity contribution is -0.127. The average Bonchev–Trinajstić information content (AvgIpc) is 2.63. The average molecular weight is 334 g/mol. The van der Waals surface area contributed by atoms with E-state index in [4.69, 9.17) is 4.74 Å². The minimum Gasteiger partial charge on any atom is -0.508 e. The van der Waals surface area contributed by atoms with Crippen molar-refractivity contribution >= 4 is 22.9 Å². The Bertz CT molecular complexity index is 904. The van der Waals surface area contributed by atoms with Crippen molar-refractivity contribution in [2.75, 3.05) is 0 Å². The number of nitrogens with zero attached hydrogens (tertiary/aromatic N) is 1. The van der Waals surface area contributed by atoms with Crippen molar-refractivity contribution < 1.29 is 14.6 Å². The molecule has 0 fully saturated rings. The summed E-state index contributed by atoms with van der Waals surface area (Å²) in [6.07, 6.45) is 0.818. The number of hydrazone groups is 1. The Hall–Kier alpha value is -3.34. The van der Waals surface area contributed by atoms with Crippen molar-refractivity contribution in [2.45, 2.75) is 13.0 Å². The van der Waals surface area contributed by atoms with Gasteiger partial charge in [-0.3, -0.25) is 4.79 Å². The molecule has 0 spiro atoms. The number of carbonyl (C=O) groups is 1. The smallest absolute Gasteiger partial charge is 0.280 e. The van der Waals surface area contributed by atoms with Crippen LogP contribution in [0.5, 0.6) is 11.5 Å². The lowest BCUT2D eigenvalue weighted by Crippen LogP contribution is -2.33. The molecule has 0 aliphatic heterocycles. The number of nitrogens with one attached hydrogen (secondary N) is 1. The fourth-order valence-corrected chi connectivity index (χ4v) is 2.32. The maximum absolute atomic E-state index is 12.1. The van der Waals surface area contributed by atoms with Gasteiger partial charge in [-0.2, -0.15) is 5.10 Å². The summed E-state index contributed by atoms with van der Waals surface area (Å²) in [5, 5.41) is 15.3. The van der Waals surface area contributed by atoms with Crippen LogP contribution < -0.4 is 10.2 Å². The first-order chi connectivity index (χ1) is 12.1. The van der Waals surface area contributed by atoms with Gasteiger partial charge in [-0.25, -0.2) is 5.43 Å². The standard InChI is InChI=1S/C20H18N2O3/c1-14(20(24)22-21-13-15-6-9-18(23)10-7-15)25-19-11-8-16-4-2-3-5-17(16)12-19/h2-14,23H,1H3,(H,22,24)/b21-13+/t14-/m0/s1. The Morgan fingerprint density at radius 3 is 2.56 bits per heavy atom. The minimum absolute atomic E-state index is 0.179. The van der Waals surface area contributed by atoms with Crippen LogP contribution in [0.25, 0.3) is 10.8 Å². The lowest BCUT2D eigenvalue weighted by Gasteiger charge is -2.13. The summed E-state index contributed by atoms with van der Waals surface area (Å²) in [6.45, 7) is 1.67. The summed E-state index contributed by atoms with van der Waals surface area (Å²) in [4.78, 5) is 12.1. The monoisotopic (exact) mass is 334 g/mol. The molecule has 5 heteroatoms. The van der Waals surface area contributed by atoms with Crippen LogP contribution in [-0.2, 0) is 4.79 Å². The Morgan fingerprint density at radius 2 is 1.80 bits per heavy atom. The third-order valence-corrected chi connectivity index (χ3v) is 3.68. The zero-order valence-corrected chi connectivity index (χ0v) is 13.7. The number of benzene rings is 3. The molecule has 0 aliphatic carbocycles.